The van der Waals surface area contributed by atoms with Gasteiger partial charge in [-0.1, -0.05) is 53.2 Å². The van der Waals surface area contributed by atoms with Crippen LogP contribution >= 0.6 is 35.0 Å². The van der Waals surface area contributed by atoms with Crippen LogP contribution in [0.2, 0.25) is 10.0 Å². The number of nitrogens with one attached hydrogen (secondary N) is 1. The van der Waals surface area contributed by atoms with E-state index in [9.17, 15) is 4.79 Å². The average Bonchev–Trinajstić information content (AvgIpc) is 3.13. The number of benzene rings is 2. The molecule has 0 fully saturated rings. The second-order valence-electron chi connectivity index (χ2n) is 6.99. The van der Waals surface area contributed by atoms with Crippen molar-refractivity contribution in [3.63, 3.8) is 0 Å². The largest absolute Gasteiger partial charge is 0.385 e. The fourth-order valence-corrected chi connectivity index (χ4v) is 4.23. The lowest BCUT2D eigenvalue weighted by atomic mass is 10.2. The highest BCUT2D eigenvalue weighted by Gasteiger charge is 2.22. The highest BCUT2D eigenvalue weighted by Crippen LogP contribution is 2.31. The van der Waals surface area contributed by atoms with Crippen LogP contribution in [0.4, 0.5) is 5.69 Å². The molecule has 1 atom stereocenters. The Labute approximate surface area is 196 Å². The molecule has 0 saturated heterocycles. The molecule has 164 valence electrons. The quantitative estimate of drug-likeness (QED) is 0.314. The normalized spacial score (nSPS) is 12.0. The lowest BCUT2D eigenvalue weighted by Gasteiger charge is -2.15. The van der Waals surface area contributed by atoms with Crippen LogP contribution in [0.25, 0.3) is 11.4 Å². The van der Waals surface area contributed by atoms with Crippen molar-refractivity contribution in [3.05, 3.63) is 58.1 Å². The van der Waals surface area contributed by atoms with Crippen LogP contribution in [0.5, 0.6) is 0 Å². The molecule has 1 N–H and O–H groups in total. The highest BCUT2D eigenvalue weighted by atomic mass is 35.5. The van der Waals surface area contributed by atoms with Gasteiger partial charge in [0.1, 0.15) is 0 Å². The van der Waals surface area contributed by atoms with Gasteiger partial charge in [0.05, 0.1) is 10.3 Å². The summed E-state index contributed by atoms with van der Waals surface area (Å²) in [7, 11) is 1.67. The molecule has 6 nitrogen and oxygen atoms in total. The monoisotopic (exact) mass is 478 g/mol. The van der Waals surface area contributed by atoms with Gasteiger partial charge in [-0.25, -0.2) is 0 Å². The van der Waals surface area contributed by atoms with E-state index in [0.29, 0.717) is 39.9 Å². The first-order valence-electron chi connectivity index (χ1n) is 9.81. The lowest BCUT2D eigenvalue weighted by Crippen LogP contribution is -2.23. The van der Waals surface area contributed by atoms with E-state index in [1.807, 2.05) is 48.7 Å². The number of carbonyl (C=O) groups is 1. The van der Waals surface area contributed by atoms with Crippen LogP contribution in [0.3, 0.4) is 0 Å². The van der Waals surface area contributed by atoms with Gasteiger partial charge in [0.25, 0.3) is 0 Å². The number of aryl methyl sites for hydroxylation is 1. The van der Waals surface area contributed by atoms with E-state index >= 15 is 0 Å². The summed E-state index contributed by atoms with van der Waals surface area (Å²) >= 11 is 13.8. The third-order valence-corrected chi connectivity index (χ3v) is 6.32. The summed E-state index contributed by atoms with van der Waals surface area (Å²) in [5.41, 5.74) is 2.44. The SMILES string of the molecule is COCCCn1c(SC(C)C(=O)Nc2cc(Cl)ccc2C)nnc1-c1ccccc1Cl. The van der Waals surface area contributed by atoms with Crippen molar-refractivity contribution in [1.82, 2.24) is 14.8 Å². The van der Waals surface area contributed by atoms with Gasteiger partial charge in [-0.05, 0) is 50.1 Å². The standard InChI is InChI=1S/C22H24Cl2N4O2S/c1-14-9-10-16(23)13-19(14)25-21(29)15(2)31-22-27-26-20(28(22)11-6-12-30-3)17-7-4-5-8-18(17)24/h4-5,7-10,13,15H,6,11-12H2,1-3H3,(H,25,29). The lowest BCUT2D eigenvalue weighted by molar-refractivity contribution is -0.115. The van der Waals surface area contributed by atoms with Crippen molar-refractivity contribution in [3.8, 4) is 11.4 Å². The number of hydrogen-bond acceptors (Lipinski definition) is 5. The van der Waals surface area contributed by atoms with E-state index in [1.165, 1.54) is 11.8 Å². The zero-order valence-electron chi connectivity index (χ0n) is 17.6. The number of methoxy groups -OCH3 is 1. The van der Waals surface area contributed by atoms with E-state index in [-0.39, 0.29) is 5.91 Å². The summed E-state index contributed by atoms with van der Waals surface area (Å²) in [6.45, 7) is 5.01. The number of halogens is 2. The molecule has 0 aliphatic carbocycles. The first-order valence-corrected chi connectivity index (χ1v) is 11.4. The Hall–Kier alpha value is -2.06. The third-order valence-electron chi connectivity index (χ3n) is 4.67. The molecule has 1 unspecified atom stereocenters. The molecule has 0 spiro atoms. The first kappa shape index (κ1) is 23.6. The zero-order valence-corrected chi connectivity index (χ0v) is 19.9. The molecule has 0 saturated carbocycles. The molecule has 0 aliphatic heterocycles. The smallest absolute Gasteiger partial charge is 0.237 e. The average molecular weight is 479 g/mol. The van der Waals surface area contributed by atoms with Crippen LogP contribution in [-0.4, -0.2) is 39.6 Å². The Morgan fingerprint density at radius 1 is 1.23 bits per heavy atom. The molecular weight excluding hydrogens is 455 g/mol. The minimum absolute atomic E-state index is 0.138. The molecule has 0 aliphatic rings. The number of anilines is 1. The molecule has 9 heteroatoms. The molecule has 2 aromatic carbocycles. The van der Waals surface area contributed by atoms with E-state index in [0.717, 1.165) is 17.5 Å². The Morgan fingerprint density at radius 3 is 2.74 bits per heavy atom. The van der Waals surface area contributed by atoms with Gasteiger partial charge in [0.2, 0.25) is 5.91 Å². The van der Waals surface area contributed by atoms with Crippen molar-refractivity contribution in [2.24, 2.45) is 0 Å². The van der Waals surface area contributed by atoms with Gasteiger partial charge >= 0.3 is 0 Å². The van der Waals surface area contributed by atoms with Crippen molar-refractivity contribution in [2.45, 2.75) is 37.2 Å². The summed E-state index contributed by atoms with van der Waals surface area (Å²) < 4.78 is 7.18. The number of rotatable bonds is 9. The Bertz CT molecular complexity index is 1060. The maximum absolute atomic E-state index is 12.8. The van der Waals surface area contributed by atoms with E-state index in [4.69, 9.17) is 27.9 Å². The number of ether oxygens (including phenoxy) is 1. The zero-order chi connectivity index (χ0) is 22.4. The second-order valence-corrected chi connectivity index (χ2v) is 9.14. The van der Waals surface area contributed by atoms with Crippen molar-refractivity contribution < 1.29 is 9.53 Å². The predicted octanol–water partition coefficient (Wildman–Crippen LogP) is 5.72. The maximum Gasteiger partial charge on any atom is 0.237 e. The summed E-state index contributed by atoms with van der Waals surface area (Å²) in [6, 6.07) is 12.9. The minimum atomic E-state index is -0.400. The highest BCUT2D eigenvalue weighted by molar-refractivity contribution is 8.00. The summed E-state index contributed by atoms with van der Waals surface area (Å²) in [5.74, 6) is 0.531. The minimum Gasteiger partial charge on any atom is -0.385 e. The molecule has 0 bridgehead atoms. The molecular formula is C22H24Cl2N4O2S. The van der Waals surface area contributed by atoms with Crippen molar-refractivity contribution in [1.29, 1.82) is 0 Å². The molecule has 1 heterocycles. The number of hydrogen-bond donors (Lipinski definition) is 1. The van der Waals surface area contributed by atoms with E-state index < -0.39 is 5.25 Å². The fourth-order valence-electron chi connectivity index (χ4n) is 2.96. The van der Waals surface area contributed by atoms with Crippen molar-refractivity contribution >= 4 is 46.6 Å². The fraction of sp³-hybridized carbons (Fsp3) is 0.318. The van der Waals surface area contributed by atoms with Gasteiger partial charge in [-0.15, -0.1) is 10.2 Å². The predicted molar refractivity (Wildman–Crippen MR) is 127 cm³/mol. The number of amides is 1. The molecule has 1 amide bonds. The van der Waals surface area contributed by atoms with Gasteiger partial charge in [-0.2, -0.15) is 0 Å². The Balaban J connectivity index is 1.81. The van der Waals surface area contributed by atoms with Gasteiger partial charge in [-0.3, -0.25) is 4.79 Å². The Kier molecular flexibility index (Phi) is 8.37. The summed E-state index contributed by atoms with van der Waals surface area (Å²) in [6.07, 6.45) is 0.780. The molecule has 3 rings (SSSR count). The van der Waals surface area contributed by atoms with Crippen LogP contribution < -0.4 is 5.32 Å². The van der Waals surface area contributed by atoms with Crippen LogP contribution in [-0.2, 0) is 16.1 Å². The number of nitrogens with zero attached hydrogens (tertiary/aromatic N) is 3. The topological polar surface area (TPSA) is 69.0 Å². The molecule has 0 radical (unpaired) electrons. The third kappa shape index (κ3) is 6.01. The summed E-state index contributed by atoms with van der Waals surface area (Å²) in [5, 5.41) is 13.1. The van der Waals surface area contributed by atoms with Gasteiger partial charge in [0.15, 0.2) is 11.0 Å². The summed E-state index contributed by atoms with van der Waals surface area (Å²) in [4.78, 5) is 12.8. The number of carbonyl (C=O) groups excluding carboxylic acids is 1. The van der Waals surface area contributed by atoms with Crippen LogP contribution in [0.15, 0.2) is 47.6 Å². The van der Waals surface area contributed by atoms with Gasteiger partial charge < -0.3 is 14.6 Å². The maximum atomic E-state index is 12.8. The van der Waals surface area contributed by atoms with Crippen LogP contribution in [0, 0.1) is 6.92 Å². The molecule has 3 aromatic rings. The first-order chi connectivity index (χ1) is 14.9. The number of aromatic nitrogens is 3. The Morgan fingerprint density at radius 2 is 2.00 bits per heavy atom. The van der Waals surface area contributed by atoms with E-state index in [1.54, 1.807) is 19.2 Å². The molecule has 1 aromatic heterocycles. The number of thioether (sulfide) groups is 1. The second kappa shape index (κ2) is 11.0. The van der Waals surface area contributed by atoms with Crippen molar-refractivity contribution in [2.75, 3.05) is 19.0 Å². The molecule has 31 heavy (non-hydrogen) atoms. The van der Waals surface area contributed by atoms with Gasteiger partial charge in [0, 0.05) is 36.5 Å². The van der Waals surface area contributed by atoms with E-state index in [2.05, 4.69) is 15.5 Å². The van der Waals surface area contributed by atoms with Crippen LogP contribution in [0.1, 0.15) is 18.9 Å².